The van der Waals surface area contributed by atoms with Gasteiger partial charge in [-0.15, -0.1) is 0 Å². The summed E-state index contributed by atoms with van der Waals surface area (Å²) in [7, 11) is 0. The van der Waals surface area contributed by atoms with Gasteiger partial charge in [-0.1, -0.05) is 40.9 Å². The summed E-state index contributed by atoms with van der Waals surface area (Å²) in [4.78, 5) is 10.8. The Morgan fingerprint density at radius 1 is 1.20 bits per heavy atom. The second-order valence-corrected chi connectivity index (χ2v) is 2.97. The number of allylic oxidation sites excluding steroid dienone is 4. The average Bonchev–Trinajstić information content (AvgIpc) is 1.93. The predicted octanol–water partition coefficient (Wildman–Crippen LogP) is 2.77. The summed E-state index contributed by atoms with van der Waals surface area (Å²) >= 11 is 16.6. The van der Waals surface area contributed by atoms with Gasteiger partial charge in [-0.2, -0.15) is 0 Å². The summed E-state index contributed by atoms with van der Waals surface area (Å²) in [5.74, 6) is -0.184. The summed E-state index contributed by atoms with van der Waals surface area (Å²) in [6.45, 7) is 0. The molecule has 0 aliphatic heterocycles. The maximum atomic E-state index is 10.8. The Labute approximate surface area is 73.3 Å². The Balaban J connectivity index is 3.06. The third-order valence-electron chi connectivity index (χ3n) is 1.11. The molecule has 4 heteroatoms. The van der Waals surface area contributed by atoms with Gasteiger partial charge in [-0.05, 0) is 0 Å². The van der Waals surface area contributed by atoms with Crippen molar-refractivity contribution in [3.63, 3.8) is 0 Å². The van der Waals surface area contributed by atoms with E-state index in [9.17, 15) is 4.79 Å². The van der Waals surface area contributed by atoms with Crippen LogP contribution in [0.15, 0.2) is 21.2 Å². The summed E-state index contributed by atoms with van der Waals surface area (Å²) in [5.41, 5.74) is 0. The van der Waals surface area contributed by atoms with Crippen molar-refractivity contribution in [2.45, 2.75) is 6.42 Å². The highest BCUT2D eigenvalue weighted by Gasteiger charge is 2.17. The SMILES string of the molecule is O=C1CC=C(Cl)C(Cl)=C1Cl. The lowest BCUT2D eigenvalue weighted by atomic mass is 10.2. The fourth-order valence-corrected chi connectivity index (χ4v) is 1.17. The molecule has 1 nitrogen and oxygen atoms in total. The van der Waals surface area contributed by atoms with Gasteiger partial charge in [0.2, 0.25) is 0 Å². The lowest BCUT2D eigenvalue weighted by Crippen LogP contribution is -2.02. The molecule has 10 heavy (non-hydrogen) atoms. The van der Waals surface area contributed by atoms with E-state index < -0.39 is 0 Å². The molecule has 0 aromatic carbocycles. The number of ketones is 1. The zero-order valence-electron chi connectivity index (χ0n) is 4.83. The molecule has 1 aliphatic carbocycles. The molecule has 0 saturated carbocycles. The minimum Gasteiger partial charge on any atom is -0.293 e. The molecule has 0 N–H and O–H groups in total. The quantitative estimate of drug-likeness (QED) is 0.584. The van der Waals surface area contributed by atoms with E-state index in [1.165, 1.54) is 6.08 Å². The molecule has 0 unspecified atom stereocenters. The maximum Gasteiger partial charge on any atom is 0.179 e. The molecule has 0 bridgehead atoms. The summed E-state index contributed by atoms with van der Waals surface area (Å²) in [6, 6.07) is 0. The van der Waals surface area contributed by atoms with E-state index in [4.69, 9.17) is 34.8 Å². The van der Waals surface area contributed by atoms with Gasteiger partial charge in [0, 0.05) is 6.42 Å². The van der Waals surface area contributed by atoms with E-state index in [0.29, 0.717) is 5.03 Å². The number of rotatable bonds is 0. The molecule has 0 aromatic rings. The Morgan fingerprint density at radius 3 is 2.30 bits per heavy atom. The standard InChI is InChI=1S/C6H3Cl3O/c7-3-1-2-4(10)6(9)5(3)8/h1H,2H2. The molecular weight excluding hydrogens is 194 g/mol. The number of carbonyl (C=O) groups is 1. The lowest BCUT2D eigenvalue weighted by Gasteiger charge is -2.05. The molecule has 0 fully saturated rings. The molecule has 0 spiro atoms. The smallest absolute Gasteiger partial charge is 0.179 e. The van der Waals surface area contributed by atoms with Crippen molar-refractivity contribution < 1.29 is 4.79 Å². The average molecular weight is 197 g/mol. The number of Topliss-reactive ketones (excluding diaryl/α,β-unsaturated/α-hetero) is 1. The monoisotopic (exact) mass is 196 g/mol. The van der Waals surface area contributed by atoms with Crippen LogP contribution in [0.25, 0.3) is 0 Å². The van der Waals surface area contributed by atoms with Crippen molar-refractivity contribution in [3.05, 3.63) is 21.2 Å². The normalized spacial score (nSPS) is 19.5. The van der Waals surface area contributed by atoms with E-state index in [0.717, 1.165) is 0 Å². The Kier molecular flexibility index (Phi) is 2.40. The Bertz CT molecular complexity index is 235. The maximum absolute atomic E-state index is 10.8. The first-order valence-electron chi connectivity index (χ1n) is 2.57. The lowest BCUT2D eigenvalue weighted by molar-refractivity contribution is -0.114. The van der Waals surface area contributed by atoms with Crippen LogP contribution in [0, 0.1) is 0 Å². The first-order valence-corrected chi connectivity index (χ1v) is 3.71. The van der Waals surface area contributed by atoms with Crippen LogP contribution >= 0.6 is 34.8 Å². The highest BCUT2D eigenvalue weighted by molar-refractivity contribution is 6.54. The number of halogens is 3. The molecule has 54 valence electrons. The second-order valence-electron chi connectivity index (χ2n) is 1.81. The van der Waals surface area contributed by atoms with Crippen LogP contribution < -0.4 is 0 Å². The summed E-state index contributed by atoms with van der Waals surface area (Å²) in [6.07, 6.45) is 1.78. The van der Waals surface area contributed by atoms with E-state index >= 15 is 0 Å². The van der Waals surface area contributed by atoms with Crippen molar-refractivity contribution in [1.82, 2.24) is 0 Å². The van der Waals surface area contributed by atoms with Crippen LogP contribution in [0.1, 0.15) is 6.42 Å². The first kappa shape index (κ1) is 8.12. The van der Waals surface area contributed by atoms with Crippen LogP contribution in [0.4, 0.5) is 0 Å². The fourth-order valence-electron chi connectivity index (χ4n) is 0.589. The second kappa shape index (κ2) is 2.95. The van der Waals surface area contributed by atoms with E-state index in [-0.39, 0.29) is 22.3 Å². The minimum atomic E-state index is -0.184. The zero-order valence-corrected chi connectivity index (χ0v) is 7.09. The molecular formula is C6H3Cl3O. The van der Waals surface area contributed by atoms with Crippen molar-refractivity contribution in [3.8, 4) is 0 Å². The van der Waals surface area contributed by atoms with Gasteiger partial charge in [0.1, 0.15) is 5.03 Å². The molecule has 1 rings (SSSR count). The molecule has 0 atom stereocenters. The van der Waals surface area contributed by atoms with Gasteiger partial charge in [-0.25, -0.2) is 0 Å². The van der Waals surface area contributed by atoms with Gasteiger partial charge >= 0.3 is 0 Å². The predicted molar refractivity (Wildman–Crippen MR) is 42.3 cm³/mol. The van der Waals surface area contributed by atoms with E-state index in [2.05, 4.69) is 0 Å². The summed E-state index contributed by atoms with van der Waals surface area (Å²) in [5, 5.41) is 0.542. The number of hydrogen-bond acceptors (Lipinski definition) is 1. The highest BCUT2D eigenvalue weighted by Crippen LogP contribution is 2.30. The zero-order chi connectivity index (χ0) is 7.72. The van der Waals surface area contributed by atoms with Crippen LogP contribution in [0.2, 0.25) is 0 Å². The van der Waals surface area contributed by atoms with Crippen LogP contribution in [0.3, 0.4) is 0 Å². The molecule has 0 heterocycles. The molecule has 0 amide bonds. The van der Waals surface area contributed by atoms with E-state index in [1.807, 2.05) is 0 Å². The van der Waals surface area contributed by atoms with Gasteiger partial charge in [0.25, 0.3) is 0 Å². The van der Waals surface area contributed by atoms with Crippen LogP contribution in [0.5, 0.6) is 0 Å². The Morgan fingerprint density at radius 2 is 1.80 bits per heavy atom. The van der Waals surface area contributed by atoms with Crippen molar-refractivity contribution in [2.75, 3.05) is 0 Å². The van der Waals surface area contributed by atoms with Gasteiger partial charge < -0.3 is 0 Å². The largest absolute Gasteiger partial charge is 0.293 e. The van der Waals surface area contributed by atoms with Crippen molar-refractivity contribution >= 4 is 40.6 Å². The highest BCUT2D eigenvalue weighted by atomic mass is 35.5. The van der Waals surface area contributed by atoms with Gasteiger partial charge in [0.05, 0.1) is 10.1 Å². The van der Waals surface area contributed by atoms with Gasteiger partial charge in [-0.3, -0.25) is 4.79 Å². The third-order valence-corrected chi connectivity index (χ3v) is 2.44. The molecule has 0 saturated heterocycles. The third kappa shape index (κ3) is 1.36. The fraction of sp³-hybridized carbons (Fsp3) is 0.167. The first-order chi connectivity index (χ1) is 4.63. The van der Waals surface area contributed by atoms with Crippen LogP contribution in [-0.2, 0) is 4.79 Å². The molecule has 0 aromatic heterocycles. The number of hydrogen-bond donors (Lipinski definition) is 0. The van der Waals surface area contributed by atoms with Crippen LogP contribution in [-0.4, -0.2) is 5.78 Å². The van der Waals surface area contributed by atoms with Gasteiger partial charge in [0.15, 0.2) is 5.78 Å². The Hall–Kier alpha value is 0.0200. The molecule has 1 aliphatic rings. The van der Waals surface area contributed by atoms with Crippen molar-refractivity contribution in [1.29, 1.82) is 0 Å². The summed E-state index contributed by atoms with van der Waals surface area (Å²) < 4.78 is 0. The van der Waals surface area contributed by atoms with Crippen molar-refractivity contribution in [2.24, 2.45) is 0 Å². The number of carbonyl (C=O) groups excluding carboxylic acids is 1. The minimum absolute atomic E-state index is 0.0363. The molecule has 0 radical (unpaired) electrons. The topological polar surface area (TPSA) is 17.1 Å². The van der Waals surface area contributed by atoms with E-state index in [1.54, 1.807) is 0 Å².